The Morgan fingerprint density at radius 2 is 1.89 bits per heavy atom. The highest BCUT2D eigenvalue weighted by atomic mass is 32.2. The number of halogens is 2. The number of hydrogen-bond donors (Lipinski definition) is 1. The number of carbonyl (C=O) groups is 1. The normalized spacial score (nSPS) is 21.5. The van der Waals surface area contributed by atoms with E-state index in [4.69, 9.17) is 4.98 Å². The summed E-state index contributed by atoms with van der Waals surface area (Å²) in [5.41, 5.74) is 0.979. The smallest absolute Gasteiger partial charge is 0.266 e. The average Bonchev–Trinajstić information content (AvgIpc) is 3.19. The number of aromatic nitrogens is 2. The van der Waals surface area contributed by atoms with E-state index in [1.165, 1.54) is 0 Å². The van der Waals surface area contributed by atoms with Crippen LogP contribution in [-0.4, -0.2) is 53.2 Å². The van der Waals surface area contributed by atoms with Crippen molar-refractivity contribution in [2.45, 2.75) is 102 Å². The molecule has 4 rings (SSSR count). The highest BCUT2D eigenvalue weighted by molar-refractivity contribution is 7.89. The molecule has 2 aliphatic rings. The highest BCUT2D eigenvalue weighted by Gasteiger charge is 2.38. The highest BCUT2D eigenvalue weighted by Crippen LogP contribution is 2.38. The average molecular weight is 539 g/mol. The lowest BCUT2D eigenvalue weighted by atomic mass is 9.86. The maximum Gasteiger partial charge on any atom is 0.266 e. The third-order valence-corrected chi connectivity index (χ3v) is 9.53. The summed E-state index contributed by atoms with van der Waals surface area (Å²) >= 11 is 0. The molecule has 206 valence electrons. The van der Waals surface area contributed by atoms with Gasteiger partial charge in [-0.3, -0.25) is 4.79 Å². The van der Waals surface area contributed by atoms with Gasteiger partial charge in [0.2, 0.25) is 11.8 Å². The molecule has 0 unspecified atom stereocenters. The van der Waals surface area contributed by atoms with Crippen LogP contribution in [0.25, 0.3) is 11.0 Å². The van der Waals surface area contributed by atoms with Crippen LogP contribution in [0.4, 0.5) is 8.78 Å². The van der Waals surface area contributed by atoms with E-state index < -0.39 is 22.0 Å². The zero-order valence-corrected chi connectivity index (χ0v) is 23.4. The van der Waals surface area contributed by atoms with Crippen LogP contribution in [0, 0.1) is 11.8 Å². The fraction of sp³-hybridized carbons (Fsp3) is 0.704. The van der Waals surface area contributed by atoms with Crippen molar-refractivity contribution < 1.29 is 22.0 Å². The second-order valence-electron chi connectivity index (χ2n) is 12.0. The summed E-state index contributed by atoms with van der Waals surface area (Å²) in [4.78, 5) is 18.2. The van der Waals surface area contributed by atoms with Gasteiger partial charge in [-0.2, -0.15) is 0 Å². The topological polar surface area (TPSA) is 84.3 Å². The number of imidazole rings is 1. The van der Waals surface area contributed by atoms with Crippen molar-refractivity contribution in [2.24, 2.45) is 11.8 Å². The molecule has 1 aromatic carbocycles. The predicted octanol–water partition coefficient (Wildman–Crippen LogP) is 5.08. The minimum absolute atomic E-state index is 0.0354. The third kappa shape index (κ3) is 5.85. The monoisotopic (exact) mass is 538 g/mol. The number of rotatable bonds is 6. The molecule has 1 aliphatic carbocycles. The summed E-state index contributed by atoms with van der Waals surface area (Å²) in [5, 5.41) is 3.19. The number of sulfonamides is 1. The van der Waals surface area contributed by atoms with Crippen molar-refractivity contribution >= 4 is 27.0 Å². The summed E-state index contributed by atoms with van der Waals surface area (Å²) in [6, 6.07) is 4.31. The molecule has 1 aromatic heterocycles. The Bertz CT molecular complexity index is 1230. The van der Waals surface area contributed by atoms with E-state index in [2.05, 4.69) is 9.88 Å². The number of piperidine rings is 1. The van der Waals surface area contributed by atoms with Crippen LogP contribution in [0.15, 0.2) is 23.1 Å². The van der Waals surface area contributed by atoms with Crippen molar-refractivity contribution in [1.82, 2.24) is 19.2 Å². The van der Waals surface area contributed by atoms with E-state index in [1.54, 1.807) is 32.0 Å². The van der Waals surface area contributed by atoms with Crippen LogP contribution >= 0.6 is 0 Å². The first kappa shape index (κ1) is 28.0. The number of carbonyl (C=O) groups excluding carboxylic acids is 1. The Morgan fingerprint density at radius 1 is 1.22 bits per heavy atom. The van der Waals surface area contributed by atoms with Crippen molar-refractivity contribution in [3.63, 3.8) is 0 Å². The number of nitrogens with one attached hydrogen (secondary N) is 1. The van der Waals surface area contributed by atoms with Gasteiger partial charge in [-0.25, -0.2) is 26.5 Å². The van der Waals surface area contributed by atoms with Gasteiger partial charge in [0.05, 0.1) is 21.8 Å². The molecule has 2 fully saturated rings. The van der Waals surface area contributed by atoms with Crippen molar-refractivity contribution in [3.8, 4) is 0 Å². The Labute approximate surface area is 219 Å². The predicted molar refractivity (Wildman–Crippen MR) is 140 cm³/mol. The number of amides is 1. The summed E-state index contributed by atoms with van der Waals surface area (Å²) in [5.74, 6) is -2.43. The lowest BCUT2D eigenvalue weighted by Crippen LogP contribution is -2.48. The van der Waals surface area contributed by atoms with Crippen molar-refractivity contribution in [1.29, 1.82) is 0 Å². The van der Waals surface area contributed by atoms with Crippen LogP contribution in [0.3, 0.4) is 0 Å². The molecule has 1 saturated heterocycles. The number of hydrogen-bond acceptors (Lipinski definition) is 5. The summed E-state index contributed by atoms with van der Waals surface area (Å²) in [7, 11) is -4.10. The second-order valence-corrected chi connectivity index (χ2v) is 13.8. The van der Waals surface area contributed by atoms with Gasteiger partial charge in [0.15, 0.2) is 0 Å². The van der Waals surface area contributed by atoms with E-state index in [0.717, 1.165) is 28.6 Å². The van der Waals surface area contributed by atoms with Crippen LogP contribution in [0.1, 0.15) is 79.0 Å². The first-order chi connectivity index (χ1) is 17.2. The van der Waals surface area contributed by atoms with Gasteiger partial charge in [0.25, 0.3) is 10.0 Å². The number of fused-ring (bicyclic) bond motifs is 1. The molecule has 0 bridgehead atoms. The number of nitrogens with zero attached hydrogens (tertiary/aromatic N) is 3. The number of alkyl halides is 2. The molecule has 1 saturated carbocycles. The SMILES string of the molecule is CC(C)N(C(=O)[C@H]1CCCNC1)S(=O)(=O)c1ccc2c(c1)nc(C(C)(C)C)n2CC1CCC(F)(F)CC1. The summed E-state index contributed by atoms with van der Waals surface area (Å²) in [6.07, 6.45) is 2.19. The van der Waals surface area contributed by atoms with Crippen molar-refractivity contribution in [2.75, 3.05) is 13.1 Å². The molecule has 0 spiro atoms. The van der Waals surface area contributed by atoms with Crippen LogP contribution in [0.5, 0.6) is 0 Å². The molecule has 7 nitrogen and oxygen atoms in total. The largest absolute Gasteiger partial charge is 0.327 e. The molecular formula is C27H40F2N4O3S. The molecule has 1 amide bonds. The molecule has 1 N–H and O–H groups in total. The van der Waals surface area contributed by atoms with Gasteiger partial charge >= 0.3 is 0 Å². The van der Waals surface area contributed by atoms with E-state index in [0.29, 0.717) is 37.9 Å². The zero-order chi connectivity index (χ0) is 27.2. The molecule has 37 heavy (non-hydrogen) atoms. The quantitative estimate of drug-likeness (QED) is 0.554. The van der Waals surface area contributed by atoms with E-state index in [9.17, 15) is 22.0 Å². The first-order valence-electron chi connectivity index (χ1n) is 13.4. The van der Waals surface area contributed by atoms with Gasteiger partial charge in [-0.05, 0) is 70.2 Å². The minimum Gasteiger partial charge on any atom is -0.327 e. The van der Waals surface area contributed by atoms with Crippen molar-refractivity contribution in [3.05, 3.63) is 24.0 Å². The van der Waals surface area contributed by atoms with Crippen LogP contribution in [0.2, 0.25) is 0 Å². The van der Waals surface area contributed by atoms with Gasteiger partial charge in [0.1, 0.15) is 5.82 Å². The maximum atomic E-state index is 13.7. The molecule has 2 heterocycles. The lowest BCUT2D eigenvalue weighted by Gasteiger charge is -2.31. The third-order valence-electron chi connectivity index (χ3n) is 7.56. The molecule has 1 atom stereocenters. The van der Waals surface area contributed by atoms with Crippen LogP contribution < -0.4 is 5.32 Å². The van der Waals surface area contributed by atoms with E-state index in [1.807, 2.05) is 20.8 Å². The van der Waals surface area contributed by atoms with E-state index >= 15 is 0 Å². The maximum absolute atomic E-state index is 13.7. The molecule has 10 heteroatoms. The Balaban J connectivity index is 1.70. The molecule has 2 aromatic rings. The Morgan fingerprint density at radius 3 is 2.46 bits per heavy atom. The fourth-order valence-corrected chi connectivity index (χ4v) is 7.24. The lowest BCUT2D eigenvalue weighted by molar-refractivity contribution is -0.132. The standard InChI is InChI=1S/C27H40F2N4O3S/c1-18(2)33(24(34)20-7-6-14-30-16-20)37(35,36)21-8-9-23-22(15-21)31-25(26(3,4)5)32(23)17-19-10-12-27(28,29)13-11-19/h8-9,15,18-20,30H,6-7,10-14,16-17H2,1-5H3/t20-/m0/s1. The Kier molecular flexibility index (Phi) is 7.74. The van der Waals surface area contributed by atoms with Gasteiger partial charge in [0, 0.05) is 37.4 Å². The van der Waals surface area contributed by atoms with E-state index in [-0.39, 0.29) is 40.9 Å². The first-order valence-corrected chi connectivity index (χ1v) is 14.8. The molecule has 0 radical (unpaired) electrons. The fourth-order valence-electron chi connectivity index (χ4n) is 5.57. The Hall–Kier alpha value is -2.07. The molecule has 1 aliphatic heterocycles. The van der Waals surface area contributed by atoms with Crippen LogP contribution in [-0.2, 0) is 26.8 Å². The number of benzene rings is 1. The van der Waals surface area contributed by atoms with Gasteiger partial charge < -0.3 is 9.88 Å². The van der Waals surface area contributed by atoms with Gasteiger partial charge in [-0.15, -0.1) is 0 Å². The zero-order valence-electron chi connectivity index (χ0n) is 22.6. The molecular weight excluding hydrogens is 498 g/mol. The second kappa shape index (κ2) is 10.2. The summed E-state index contributed by atoms with van der Waals surface area (Å²) < 4.78 is 58.0. The summed E-state index contributed by atoms with van der Waals surface area (Å²) in [6.45, 7) is 11.4. The minimum atomic E-state index is -4.10. The van der Waals surface area contributed by atoms with Gasteiger partial charge in [-0.1, -0.05) is 20.8 Å².